The molecule has 2 unspecified atom stereocenters. The molecule has 1 nitrogen and oxygen atoms in total. The van der Waals surface area contributed by atoms with E-state index in [2.05, 4.69) is 0 Å². The Morgan fingerprint density at radius 1 is 0.621 bits per heavy atom. The van der Waals surface area contributed by atoms with E-state index in [0.29, 0.717) is 24.0 Å². The van der Waals surface area contributed by atoms with Gasteiger partial charge in [-0.1, -0.05) is 51.0 Å². The van der Waals surface area contributed by atoms with Crippen LogP contribution in [0.15, 0.2) is 48.5 Å². The normalized spacial score (nSPS) is 14.6. The van der Waals surface area contributed by atoms with Crippen LogP contribution in [-0.2, 0) is 17.1 Å². The van der Waals surface area contributed by atoms with Gasteiger partial charge in [0.25, 0.3) is 0 Å². The second kappa shape index (κ2) is 9.65. The quantitative estimate of drug-likeness (QED) is 0.393. The SMILES string of the molecule is CCCC(OC(CCC)c1ccc(C(F)(F)F)cc1)c1ccc(C(F)(F)F)cc1. The van der Waals surface area contributed by atoms with E-state index in [0.717, 1.165) is 37.1 Å². The molecule has 0 bridgehead atoms. The van der Waals surface area contributed by atoms with Gasteiger partial charge >= 0.3 is 12.4 Å². The molecule has 0 saturated carbocycles. The maximum Gasteiger partial charge on any atom is 0.416 e. The van der Waals surface area contributed by atoms with Crippen LogP contribution in [0.4, 0.5) is 26.3 Å². The van der Waals surface area contributed by atoms with Gasteiger partial charge in [-0.25, -0.2) is 0 Å². The number of alkyl halides is 6. The monoisotopic (exact) mass is 418 g/mol. The zero-order chi connectivity index (χ0) is 21.7. The van der Waals surface area contributed by atoms with E-state index in [4.69, 9.17) is 4.74 Å². The molecule has 0 aromatic heterocycles. The minimum Gasteiger partial charge on any atom is -0.366 e. The summed E-state index contributed by atoms with van der Waals surface area (Å²) in [6.45, 7) is 3.88. The molecule has 0 amide bonds. The minimum atomic E-state index is -4.41. The minimum absolute atomic E-state index is 0.443. The van der Waals surface area contributed by atoms with Gasteiger partial charge in [-0.3, -0.25) is 0 Å². The highest BCUT2D eigenvalue weighted by Gasteiger charge is 2.31. The van der Waals surface area contributed by atoms with Crippen molar-refractivity contribution >= 4 is 0 Å². The van der Waals surface area contributed by atoms with E-state index in [-0.39, 0.29) is 0 Å². The highest BCUT2D eigenvalue weighted by atomic mass is 19.4. The van der Waals surface area contributed by atoms with Crippen LogP contribution < -0.4 is 0 Å². The number of hydrogen-bond acceptors (Lipinski definition) is 1. The molecule has 7 heteroatoms. The molecule has 0 aliphatic heterocycles. The zero-order valence-electron chi connectivity index (χ0n) is 16.3. The van der Waals surface area contributed by atoms with Crippen LogP contribution in [0.5, 0.6) is 0 Å². The lowest BCUT2D eigenvalue weighted by atomic mass is 10.00. The first-order chi connectivity index (χ1) is 13.6. The van der Waals surface area contributed by atoms with Gasteiger partial charge in [-0.05, 0) is 48.2 Å². The molecule has 0 N–H and O–H groups in total. The molecule has 0 aliphatic rings. The third-order valence-electron chi connectivity index (χ3n) is 4.65. The molecule has 2 aromatic carbocycles. The average molecular weight is 418 g/mol. The molecule has 0 heterocycles. The van der Waals surface area contributed by atoms with Crippen LogP contribution >= 0.6 is 0 Å². The molecule has 2 rings (SSSR count). The van der Waals surface area contributed by atoms with Gasteiger partial charge in [0.2, 0.25) is 0 Å². The summed E-state index contributed by atoms with van der Waals surface area (Å²) in [6, 6.07) is 9.70. The number of halogens is 6. The maximum atomic E-state index is 12.8. The first-order valence-corrected chi connectivity index (χ1v) is 9.56. The fraction of sp³-hybridized carbons (Fsp3) is 0.455. The first-order valence-electron chi connectivity index (χ1n) is 9.56. The summed E-state index contributed by atoms with van der Waals surface area (Å²) in [7, 11) is 0. The fourth-order valence-electron chi connectivity index (χ4n) is 3.12. The molecule has 160 valence electrons. The predicted octanol–water partition coefficient (Wildman–Crippen LogP) is 8.12. The van der Waals surface area contributed by atoms with Crippen molar-refractivity contribution in [2.75, 3.05) is 0 Å². The highest BCUT2D eigenvalue weighted by molar-refractivity contribution is 5.28. The van der Waals surface area contributed by atoms with Gasteiger partial charge in [0, 0.05) is 0 Å². The van der Waals surface area contributed by atoms with E-state index >= 15 is 0 Å². The van der Waals surface area contributed by atoms with E-state index in [1.807, 2.05) is 13.8 Å². The van der Waals surface area contributed by atoms with Crippen LogP contribution in [0.1, 0.15) is 74.0 Å². The van der Waals surface area contributed by atoms with Crippen molar-refractivity contribution in [1.29, 1.82) is 0 Å². The van der Waals surface area contributed by atoms with E-state index in [9.17, 15) is 26.3 Å². The van der Waals surface area contributed by atoms with Gasteiger partial charge in [-0.2, -0.15) is 26.3 Å². The number of benzene rings is 2. The van der Waals surface area contributed by atoms with Crippen molar-refractivity contribution in [3.8, 4) is 0 Å². The predicted molar refractivity (Wildman–Crippen MR) is 99.3 cm³/mol. The molecular weight excluding hydrogens is 394 g/mol. The second-order valence-electron chi connectivity index (χ2n) is 6.93. The lowest BCUT2D eigenvalue weighted by molar-refractivity contribution is -0.138. The highest BCUT2D eigenvalue weighted by Crippen LogP contribution is 2.36. The third kappa shape index (κ3) is 6.49. The third-order valence-corrected chi connectivity index (χ3v) is 4.65. The van der Waals surface area contributed by atoms with Gasteiger partial charge in [0.1, 0.15) is 0 Å². The van der Waals surface area contributed by atoms with Gasteiger partial charge in [0.05, 0.1) is 23.3 Å². The molecule has 0 radical (unpaired) electrons. The van der Waals surface area contributed by atoms with Gasteiger partial charge in [0.15, 0.2) is 0 Å². The second-order valence-corrected chi connectivity index (χ2v) is 6.93. The number of hydrogen-bond donors (Lipinski definition) is 0. The Morgan fingerprint density at radius 3 is 1.17 bits per heavy atom. The van der Waals surface area contributed by atoms with Crippen molar-refractivity contribution in [2.24, 2.45) is 0 Å². The Kier molecular flexibility index (Phi) is 7.74. The van der Waals surface area contributed by atoms with Gasteiger partial charge in [-0.15, -0.1) is 0 Å². The van der Waals surface area contributed by atoms with Crippen LogP contribution in [0.25, 0.3) is 0 Å². The molecule has 0 saturated heterocycles. The van der Waals surface area contributed by atoms with Crippen LogP contribution in [0.2, 0.25) is 0 Å². The molecule has 0 aliphatic carbocycles. The van der Waals surface area contributed by atoms with E-state index in [1.165, 1.54) is 24.3 Å². The largest absolute Gasteiger partial charge is 0.416 e. The fourth-order valence-corrected chi connectivity index (χ4v) is 3.12. The summed E-state index contributed by atoms with van der Waals surface area (Å²) in [6.07, 6.45) is -7.04. The Labute approximate surface area is 166 Å². The van der Waals surface area contributed by atoms with Crippen molar-refractivity contribution in [2.45, 2.75) is 64.1 Å². The van der Waals surface area contributed by atoms with Crippen molar-refractivity contribution in [3.05, 3.63) is 70.8 Å². The molecular formula is C22H24F6O. The van der Waals surface area contributed by atoms with Crippen LogP contribution in [0.3, 0.4) is 0 Å². The smallest absolute Gasteiger partial charge is 0.366 e. The number of rotatable bonds is 8. The zero-order valence-corrected chi connectivity index (χ0v) is 16.3. The van der Waals surface area contributed by atoms with E-state index in [1.54, 1.807) is 0 Å². The molecule has 29 heavy (non-hydrogen) atoms. The maximum absolute atomic E-state index is 12.8. The summed E-state index contributed by atoms with van der Waals surface area (Å²) < 4.78 is 83.0. The van der Waals surface area contributed by atoms with Crippen LogP contribution in [0, 0.1) is 0 Å². The number of ether oxygens (including phenoxy) is 1. The molecule has 0 spiro atoms. The van der Waals surface area contributed by atoms with Crippen LogP contribution in [-0.4, -0.2) is 0 Å². The Morgan fingerprint density at radius 2 is 0.931 bits per heavy atom. The lowest BCUT2D eigenvalue weighted by Crippen LogP contribution is -2.12. The molecule has 0 fully saturated rings. The van der Waals surface area contributed by atoms with Crippen molar-refractivity contribution < 1.29 is 31.1 Å². The topological polar surface area (TPSA) is 9.23 Å². The summed E-state index contributed by atoms with van der Waals surface area (Å²) in [5.41, 5.74) is -0.227. The Balaban J connectivity index is 2.25. The first kappa shape index (κ1) is 23.3. The van der Waals surface area contributed by atoms with E-state index < -0.39 is 35.7 Å². The Bertz CT molecular complexity index is 681. The standard InChI is InChI=1S/C22H24F6O/c1-3-5-19(15-7-11-17(12-8-15)21(23,24)25)29-20(6-4-2)16-9-13-18(14-10-16)22(26,27)28/h7-14,19-20H,3-6H2,1-2H3. The van der Waals surface area contributed by atoms with Gasteiger partial charge < -0.3 is 4.74 Å². The molecule has 2 atom stereocenters. The van der Waals surface area contributed by atoms with Crippen molar-refractivity contribution in [3.63, 3.8) is 0 Å². The molecule has 2 aromatic rings. The Hall–Kier alpha value is -2.02. The van der Waals surface area contributed by atoms with Crippen molar-refractivity contribution in [1.82, 2.24) is 0 Å². The average Bonchev–Trinajstić information content (AvgIpc) is 2.66. The summed E-state index contributed by atoms with van der Waals surface area (Å²) in [5.74, 6) is 0. The summed E-state index contributed by atoms with van der Waals surface area (Å²) >= 11 is 0. The summed E-state index contributed by atoms with van der Waals surface area (Å²) in [5, 5.41) is 0. The lowest BCUT2D eigenvalue weighted by Gasteiger charge is -2.26. The summed E-state index contributed by atoms with van der Waals surface area (Å²) in [4.78, 5) is 0.